The number of benzene rings is 2. The smallest absolute Gasteiger partial charge is 0.429 e. The molecule has 0 saturated heterocycles. The number of pyridine rings is 1. The molecule has 5 atom stereocenters. The number of alkyl halides is 9. The van der Waals surface area contributed by atoms with Crippen molar-refractivity contribution in [2.75, 3.05) is 18.5 Å². The zero-order chi connectivity index (χ0) is 43.0. The number of nitrogens with zero attached hydrogens (tertiary/aromatic N) is 1. The van der Waals surface area contributed by atoms with Gasteiger partial charge in [-0.1, -0.05) is 11.6 Å². The Bertz CT molecular complexity index is 2120. The van der Waals surface area contributed by atoms with E-state index in [4.69, 9.17) is 9.47 Å². The summed E-state index contributed by atoms with van der Waals surface area (Å²) in [6.07, 6.45) is -16.7. The first-order valence-electron chi connectivity index (χ1n) is 18.0. The van der Waals surface area contributed by atoms with Crippen molar-refractivity contribution >= 4 is 23.6 Å². The maximum absolute atomic E-state index is 15.4. The van der Waals surface area contributed by atoms with E-state index < -0.39 is 125 Å². The highest BCUT2D eigenvalue weighted by Crippen LogP contribution is 2.54. The van der Waals surface area contributed by atoms with Gasteiger partial charge >= 0.3 is 24.6 Å². The third kappa shape index (κ3) is 9.71. The van der Waals surface area contributed by atoms with Crippen molar-refractivity contribution < 1.29 is 77.3 Å². The molecule has 21 heteroatoms. The number of allylic oxidation sites excluding steroid dienone is 1. The average molecular weight is 851 g/mol. The van der Waals surface area contributed by atoms with Gasteiger partial charge < -0.3 is 30.5 Å². The van der Waals surface area contributed by atoms with Crippen molar-refractivity contribution in [2.24, 2.45) is 17.8 Å². The van der Waals surface area contributed by atoms with E-state index in [-0.39, 0.29) is 36.1 Å². The Labute approximate surface area is 327 Å². The molecule has 59 heavy (non-hydrogen) atoms. The number of fused-ring (bicyclic) bond motifs is 2. The van der Waals surface area contributed by atoms with Crippen LogP contribution in [-0.4, -0.2) is 65.6 Å². The van der Waals surface area contributed by atoms with Crippen LogP contribution in [0.1, 0.15) is 59.7 Å². The van der Waals surface area contributed by atoms with Crippen molar-refractivity contribution in [3.63, 3.8) is 0 Å². The third-order valence-corrected chi connectivity index (χ3v) is 10.3. The van der Waals surface area contributed by atoms with Gasteiger partial charge in [-0.05, 0) is 74.4 Å². The summed E-state index contributed by atoms with van der Waals surface area (Å²) in [5, 5.41) is 16.3. The predicted octanol–water partition coefficient (Wildman–Crippen LogP) is 8.18. The minimum Gasteiger partial charge on any atom is -0.475 e. The van der Waals surface area contributed by atoms with E-state index in [0.29, 0.717) is 37.1 Å². The summed E-state index contributed by atoms with van der Waals surface area (Å²) in [6.45, 7) is -1.09. The van der Waals surface area contributed by atoms with Crippen LogP contribution in [0.25, 0.3) is 11.1 Å². The maximum Gasteiger partial charge on any atom is 0.429 e. The molecule has 2 unspecified atom stereocenters. The zero-order valence-electron chi connectivity index (χ0n) is 30.2. The van der Waals surface area contributed by atoms with Crippen molar-refractivity contribution in [1.82, 2.24) is 15.6 Å². The molecule has 3 fully saturated rings. The molecule has 1 aromatic heterocycles. The number of aliphatic hydroxyl groups excluding tert-OH is 1. The quantitative estimate of drug-likeness (QED) is 0.113. The number of halogens is 11. The number of hydrogen-bond donors (Lipinski definition) is 4. The Balaban J connectivity index is 1.34. The minimum atomic E-state index is -5.17. The number of aromatic nitrogens is 1. The molecule has 2 aromatic carbocycles. The number of hydrogen-bond acceptors (Lipinski definition) is 7. The standard InChI is InChI=1S/C38H33F11N4O6/c39-27-8-4-17(31(38(47,48)49)59-35(57)52-19-2-1-3-19)12-23(27)18-13-24(34(50-16-18)58-11-10-54)32(55)53-30-22-7-6-21(25(22)15-36(41,42)43)29(30)33(56)51-20-5-9-28(40)26(14-20)37(44,45)46/h4-5,8-9,12-16,19,21-22,29-31,54H,1-3,6-7,10-11H2,(H,51,56)(H,52,57)(H,53,55)/b25-15-/t21?,22?,29-,30+,31-/m0/s1. The van der Waals surface area contributed by atoms with E-state index >= 15 is 4.39 Å². The van der Waals surface area contributed by atoms with Gasteiger partial charge in [0.05, 0.1) is 18.1 Å². The van der Waals surface area contributed by atoms with Gasteiger partial charge in [0, 0.05) is 52.7 Å². The molecular formula is C38H33F11N4O6. The lowest BCUT2D eigenvalue weighted by Gasteiger charge is -2.30. The van der Waals surface area contributed by atoms with Crippen molar-refractivity contribution in [3.8, 4) is 17.0 Å². The van der Waals surface area contributed by atoms with Crippen molar-refractivity contribution in [1.29, 1.82) is 0 Å². The first kappa shape index (κ1) is 43.1. The first-order chi connectivity index (χ1) is 27.6. The molecule has 0 radical (unpaired) electrons. The average Bonchev–Trinajstić information content (AvgIpc) is 3.64. The highest BCUT2D eigenvalue weighted by molar-refractivity contribution is 5.99. The van der Waals surface area contributed by atoms with Crippen LogP contribution >= 0.6 is 0 Å². The number of carbonyl (C=O) groups excluding carboxylic acids is 3. The van der Waals surface area contributed by atoms with Crippen LogP contribution in [0.5, 0.6) is 5.88 Å². The van der Waals surface area contributed by atoms with E-state index in [2.05, 4.69) is 20.9 Å². The van der Waals surface area contributed by atoms with Crippen LogP contribution in [0.3, 0.4) is 0 Å². The SMILES string of the molecule is O=C(NC1CCC1)O[C@@H](c1ccc(F)c(-c2cnc(OCCO)c(C(=O)N[C@@H]3C4CCC(/C4=C/C(F)(F)F)[C@@H]3C(=O)Nc3ccc(F)c(C(F)(F)F)c3)c2)c1)C(F)(F)F. The fourth-order valence-electron chi connectivity index (χ4n) is 7.59. The molecule has 3 saturated carbocycles. The Morgan fingerprint density at radius 3 is 2.20 bits per heavy atom. The minimum absolute atomic E-state index is 0.0106. The lowest BCUT2D eigenvalue weighted by Crippen LogP contribution is -2.48. The van der Waals surface area contributed by atoms with Gasteiger partial charge in [0.2, 0.25) is 17.9 Å². The lowest BCUT2D eigenvalue weighted by atomic mass is 9.83. The molecule has 3 aromatic rings. The first-order valence-corrected chi connectivity index (χ1v) is 18.0. The monoisotopic (exact) mass is 850 g/mol. The Morgan fingerprint density at radius 2 is 1.58 bits per heavy atom. The lowest BCUT2D eigenvalue weighted by molar-refractivity contribution is -0.206. The van der Waals surface area contributed by atoms with E-state index in [0.717, 1.165) is 30.8 Å². The number of ether oxygens (including phenoxy) is 2. The van der Waals surface area contributed by atoms with Gasteiger partial charge in [-0.3, -0.25) is 9.59 Å². The fraction of sp³-hybridized carbons (Fsp3) is 0.421. The van der Waals surface area contributed by atoms with Gasteiger partial charge in [0.25, 0.3) is 5.91 Å². The van der Waals surface area contributed by atoms with Gasteiger partial charge in [-0.15, -0.1) is 0 Å². The molecule has 2 bridgehead atoms. The van der Waals surface area contributed by atoms with Gasteiger partial charge in [0.1, 0.15) is 23.8 Å². The fourth-order valence-corrected chi connectivity index (χ4v) is 7.59. The van der Waals surface area contributed by atoms with Gasteiger partial charge in [-0.25, -0.2) is 18.6 Å². The van der Waals surface area contributed by atoms with E-state index in [1.807, 2.05) is 0 Å². The van der Waals surface area contributed by atoms with Crippen LogP contribution in [0, 0.1) is 29.4 Å². The van der Waals surface area contributed by atoms with Gasteiger partial charge in [0.15, 0.2) is 0 Å². The summed E-state index contributed by atoms with van der Waals surface area (Å²) >= 11 is 0. The van der Waals surface area contributed by atoms with Crippen molar-refractivity contribution in [3.05, 3.63) is 88.6 Å². The summed E-state index contributed by atoms with van der Waals surface area (Å²) in [6, 6.07) is 2.72. The molecule has 0 aliphatic heterocycles. The highest BCUT2D eigenvalue weighted by Gasteiger charge is 2.56. The Kier molecular flexibility index (Phi) is 12.2. The topological polar surface area (TPSA) is 139 Å². The largest absolute Gasteiger partial charge is 0.475 e. The van der Waals surface area contributed by atoms with E-state index in [1.54, 1.807) is 0 Å². The van der Waals surface area contributed by atoms with Crippen LogP contribution in [-0.2, 0) is 15.7 Å². The molecule has 3 amide bonds. The molecular weight excluding hydrogens is 817 g/mol. The summed E-state index contributed by atoms with van der Waals surface area (Å²) < 4.78 is 163. The summed E-state index contributed by atoms with van der Waals surface area (Å²) in [4.78, 5) is 44.0. The molecule has 3 aliphatic carbocycles. The number of amides is 3. The van der Waals surface area contributed by atoms with Crippen LogP contribution in [0.15, 0.2) is 60.3 Å². The summed E-state index contributed by atoms with van der Waals surface area (Å²) in [5.74, 6) is -9.42. The highest BCUT2D eigenvalue weighted by atomic mass is 19.4. The van der Waals surface area contributed by atoms with Crippen LogP contribution < -0.4 is 20.7 Å². The second-order valence-electron chi connectivity index (χ2n) is 14.2. The molecule has 1 heterocycles. The summed E-state index contributed by atoms with van der Waals surface area (Å²) in [5.41, 5.74) is -4.73. The summed E-state index contributed by atoms with van der Waals surface area (Å²) in [7, 11) is 0. The number of carbonyl (C=O) groups is 3. The van der Waals surface area contributed by atoms with Gasteiger partial charge in [-0.2, -0.15) is 39.5 Å². The number of anilines is 1. The number of nitrogens with one attached hydrogen (secondary N) is 3. The second kappa shape index (κ2) is 16.6. The molecule has 3 aliphatic rings. The van der Waals surface area contributed by atoms with E-state index in [9.17, 15) is 63.4 Å². The number of aliphatic hydroxyl groups is 1. The molecule has 4 N–H and O–H groups in total. The third-order valence-electron chi connectivity index (χ3n) is 10.3. The zero-order valence-corrected chi connectivity index (χ0v) is 30.2. The number of alkyl carbamates (subject to hydrolysis) is 1. The van der Waals surface area contributed by atoms with Crippen LogP contribution in [0.2, 0.25) is 0 Å². The normalized spacial score (nSPS) is 21.8. The Morgan fingerprint density at radius 1 is 0.881 bits per heavy atom. The molecule has 6 rings (SSSR count). The van der Waals surface area contributed by atoms with Crippen molar-refractivity contribution in [2.45, 2.75) is 68.8 Å². The second-order valence-corrected chi connectivity index (χ2v) is 14.2. The maximum atomic E-state index is 15.4. The molecule has 318 valence electrons. The number of rotatable bonds is 11. The molecule has 10 nitrogen and oxygen atoms in total. The predicted molar refractivity (Wildman–Crippen MR) is 183 cm³/mol. The Hall–Kier alpha value is -5.47. The molecule has 0 spiro atoms. The van der Waals surface area contributed by atoms with Crippen LogP contribution in [0.4, 0.5) is 58.8 Å². The van der Waals surface area contributed by atoms with E-state index in [1.165, 1.54) is 0 Å².